The normalized spacial score (nSPS) is 19.9. The third kappa shape index (κ3) is 5.73. The van der Waals surface area contributed by atoms with Crippen LogP contribution < -0.4 is 14.8 Å². The van der Waals surface area contributed by atoms with Gasteiger partial charge < -0.3 is 24.3 Å². The van der Waals surface area contributed by atoms with Gasteiger partial charge in [0.15, 0.2) is 11.5 Å². The van der Waals surface area contributed by atoms with Crippen LogP contribution in [0.4, 0.5) is 0 Å². The van der Waals surface area contributed by atoms with Crippen LogP contribution in [0.5, 0.6) is 11.5 Å². The van der Waals surface area contributed by atoms with Gasteiger partial charge in [-0.25, -0.2) is 0 Å². The number of hydrogen-bond donors (Lipinski definition) is 1. The van der Waals surface area contributed by atoms with Crippen molar-refractivity contribution in [2.75, 3.05) is 33.5 Å². The second-order valence-electron chi connectivity index (χ2n) is 6.06. The molecule has 1 aliphatic heterocycles. The fourth-order valence-corrected chi connectivity index (χ4v) is 2.21. The smallest absolute Gasteiger partial charge is 0.222 e. The van der Waals surface area contributed by atoms with E-state index < -0.39 is 0 Å². The van der Waals surface area contributed by atoms with Crippen molar-refractivity contribution in [3.63, 3.8) is 0 Å². The van der Waals surface area contributed by atoms with Crippen LogP contribution >= 0.6 is 0 Å². The van der Waals surface area contributed by atoms with Gasteiger partial charge in [0.2, 0.25) is 5.91 Å². The molecule has 0 aliphatic carbocycles. The Morgan fingerprint density at radius 1 is 1.35 bits per heavy atom. The van der Waals surface area contributed by atoms with Crippen molar-refractivity contribution in [2.24, 2.45) is 0 Å². The molecule has 128 valence electrons. The quantitative estimate of drug-likeness (QED) is 0.775. The maximum absolute atomic E-state index is 11.9. The Kier molecular flexibility index (Phi) is 6.24. The van der Waals surface area contributed by atoms with Crippen molar-refractivity contribution in [3.05, 3.63) is 24.3 Å². The lowest BCUT2D eigenvalue weighted by atomic mass is 10.1. The van der Waals surface area contributed by atoms with E-state index in [1.54, 1.807) is 7.11 Å². The van der Waals surface area contributed by atoms with E-state index in [1.165, 1.54) is 0 Å². The topological polar surface area (TPSA) is 66.0 Å². The average Bonchev–Trinajstić information content (AvgIpc) is 2.54. The molecule has 1 aliphatic rings. The first-order valence-corrected chi connectivity index (χ1v) is 7.78. The zero-order chi connectivity index (χ0) is 16.7. The second kappa shape index (κ2) is 8.17. The third-order valence-corrected chi connectivity index (χ3v) is 3.49. The highest BCUT2D eigenvalue weighted by molar-refractivity contribution is 5.76. The van der Waals surface area contributed by atoms with Crippen LogP contribution in [0.1, 0.15) is 20.3 Å². The Balaban J connectivity index is 1.63. The molecule has 0 radical (unpaired) electrons. The highest BCUT2D eigenvalue weighted by Gasteiger charge is 2.29. The van der Waals surface area contributed by atoms with Crippen LogP contribution in [0.2, 0.25) is 0 Å². The molecule has 0 aromatic heterocycles. The number of ether oxygens (including phenoxy) is 4. The van der Waals surface area contributed by atoms with Gasteiger partial charge in [-0.2, -0.15) is 0 Å². The molecule has 1 aromatic rings. The van der Waals surface area contributed by atoms with E-state index >= 15 is 0 Å². The molecule has 6 nitrogen and oxygen atoms in total. The molecular formula is C17H25NO5. The summed E-state index contributed by atoms with van der Waals surface area (Å²) < 4.78 is 22.1. The molecule has 6 heteroatoms. The fraction of sp³-hybridized carbons (Fsp3) is 0.588. The monoisotopic (exact) mass is 323 g/mol. The van der Waals surface area contributed by atoms with Crippen molar-refractivity contribution in [3.8, 4) is 11.5 Å². The van der Waals surface area contributed by atoms with Crippen LogP contribution in [0.3, 0.4) is 0 Å². The van der Waals surface area contributed by atoms with Crippen LogP contribution in [-0.2, 0) is 14.3 Å². The standard InChI is InChI=1S/C17H25NO5/c1-17(2)12-22-13(11-23-17)10-16(19)18-8-9-21-15-7-5-4-6-14(15)20-3/h4-7,13H,8-12H2,1-3H3,(H,18,19). The molecule has 0 saturated carbocycles. The lowest BCUT2D eigenvalue weighted by Crippen LogP contribution is -2.44. The van der Waals surface area contributed by atoms with Crippen molar-refractivity contribution < 1.29 is 23.7 Å². The Bertz CT molecular complexity index is 507. The van der Waals surface area contributed by atoms with Gasteiger partial charge >= 0.3 is 0 Å². The van der Waals surface area contributed by atoms with E-state index in [4.69, 9.17) is 18.9 Å². The van der Waals surface area contributed by atoms with Crippen molar-refractivity contribution >= 4 is 5.91 Å². The van der Waals surface area contributed by atoms with E-state index in [2.05, 4.69) is 5.32 Å². The van der Waals surface area contributed by atoms with Gasteiger partial charge in [-0.1, -0.05) is 12.1 Å². The summed E-state index contributed by atoms with van der Waals surface area (Å²) in [5.41, 5.74) is -0.268. The van der Waals surface area contributed by atoms with E-state index in [-0.39, 0.29) is 17.6 Å². The van der Waals surface area contributed by atoms with E-state index in [9.17, 15) is 4.79 Å². The van der Waals surface area contributed by atoms with Crippen molar-refractivity contribution in [1.29, 1.82) is 0 Å². The summed E-state index contributed by atoms with van der Waals surface area (Å²) in [5, 5.41) is 2.82. The predicted molar refractivity (Wildman–Crippen MR) is 85.9 cm³/mol. The molecule has 1 atom stereocenters. The summed E-state index contributed by atoms with van der Waals surface area (Å²) in [6, 6.07) is 7.41. The molecule has 1 unspecified atom stereocenters. The molecule has 1 amide bonds. The molecule has 1 heterocycles. The molecule has 23 heavy (non-hydrogen) atoms. The zero-order valence-electron chi connectivity index (χ0n) is 14.0. The van der Waals surface area contributed by atoms with Crippen LogP contribution in [0, 0.1) is 0 Å². The molecule has 1 N–H and O–H groups in total. The van der Waals surface area contributed by atoms with Gasteiger partial charge in [-0.3, -0.25) is 4.79 Å². The highest BCUT2D eigenvalue weighted by Crippen LogP contribution is 2.25. The fourth-order valence-electron chi connectivity index (χ4n) is 2.21. The van der Waals surface area contributed by atoms with Crippen molar-refractivity contribution in [2.45, 2.75) is 32.0 Å². The first-order chi connectivity index (χ1) is 11.0. The SMILES string of the molecule is COc1ccccc1OCCNC(=O)CC1COC(C)(C)CO1. The maximum Gasteiger partial charge on any atom is 0.222 e. The third-order valence-electron chi connectivity index (χ3n) is 3.49. The molecule has 0 bridgehead atoms. The number of methoxy groups -OCH3 is 1. The van der Waals surface area contributed by atoms with Gasteiger partial charge in [0.1, 0.15) is 6.61 Å². The number of amides is 1. The summed E-state index contributed by atoms with van der Waals surface area (Å²) in [6.45, 7) is 5.69. The first kappa shape index (κ1) is 17.6. The number of hydrogen-bond acceptors (Lipinski definition) is 5. The molecule has 0 spiro atoms. The molecular weight excluding hydrogens is 298 g/mol. The highest BCUT2D eigenvalue weighted by atomic mass is 16.6. The van der Waals surface area contributed by atoms with E-state index in [0.29, 0.717) is 44.3 Å². The molecule has 1 aromatic carbocycles. The van der Waals surface area contributed by atoms with Gasteiger partial charge in [0.25, 0.3) is 0 Å². The lowest BCUT2D eigenvalue weighted by Gasteiger charge is -2.34. The predicted octanol–water partition coefficient (Wildman–Crippen LogP) is 1.77. The summed E-state index contributed by atoms with van der Waals surface area (Å²) in [6.07, 6.45) is 0.114. The van der Waals surface area contributed by atoms with E-state index in [0.717, 1.165) is 0 Å². The maximum atomic E-state index is 11.9. The van der Waals surface area contributed by atoms with Crippen molar-refractivity contribution in [1.82, 2.24) is 5.32 Å². The number of carbonyl (C=O) groups is 1. The summed E-state index contributed by atoms with van der Waals surface area (Å²) in [4.78, 5) is 11.9. The minimum Gasteiger partial charge on any atom is -0.493 e. The van der Waals surface area contributed by atoms with Crippen LogP contribution in [-0.4, -0.2) is 51.1 Å². The number of para-hydroxylation sites is 2. The minimum absolute atomic E-state index is 0.0677. The largest absolute Gasteiger partial charge is 0.493 e. The van der Waals surface area contributed by atoms with Crippen LogP contribution in [0.15, 0.2) is 24.3 Å². The molecule has 1 fully saturated rings. The summed E-state index contributed by atoms with van der Waals surface area (Å²) in [7, 11) is 1.59. The Morgan fingerprint density at radius 3 is 2.74 bits per heavy atom. The van der Waals surface area contributed by atoms with Gasteiger partial charge in [0.05, 0.1) is 45.0 Å². The number of benzene rings is 1. The van der Waals surface area contributed by atoms with Gasteiger partial charge in [-0.05, 0) is 26.0 Å². The lowest BCUT2D eigenvalue weighted by molar-refractivity contribution is -0.178. The van der Waals surface area contributed by atoms with Gasteiger partial charge in [-0.15, -0.1) is 0 Å². The molecule has 1 saturated heterocycles. The van der Waals surface area contributed by atoms with E-state index in [1.807, 2.05) is 38.1 Å². The Labute approximate surface area is 137 Å². The summed E-state index contributed by atoms with van der Waals surface area (Å²) in [5.74, 6) is 1.27. The molecule has 2 rings (SSSR count). The number of nitrogens with one attached hydrogen (secondary N) is 1. The minimum atomic E-state index is -0.268. The summed E-state index contributed by atoms with van der Waals surface area (Å²) >= 11 is 0. The number of carbonyl (C=O) groups excluding carboxylic acids is 1. The van der Waals surface area contributed by atoms with Crippen LogP contribution in [0.25, 0.3) is 0 Å². The van der Waals surface area contributed by atoms with Gasteiger partial charge in [0, 0.05) is 0 Å². The second-order valence-corrected chi connectivity index (χ2v) is 6.06. The zero-order valence-corrected chi connectivity index (χ0v) is 14.0. The average molecular weight is 323 g/mol. The Hall–Kier alpha value is -1.79. The first-order valence-electron chi connectivity index (χ1n) is 7.78. The Morgan fingerprint density at radius 2 is 2.09 bits per heavy atom. The number of rotatable bonds is 7.